The van der Waals surface area contributed by atoms with Gasteiger partial charge in [-0.05, 0) is 54.7 Å². The van der Waals surface area contributed by atoms with E-state index in [2.05, 4.69) is 23.2 Å². The van der Waals surface area contributed by atoms with Crippen LogP contribution in [0.3, 0.4) is 0 Å². The molecule has 0 spiro atoms. The zero-order valence-electron chi connectivity index (χ0n) is 16.5. The van der Waals surface area contributed by atoms with Gasteiger partial charge in [0.25, 0.3) is 11.8 Å². The lowest BCUT2D eigenvalue weighted by Crippen LogP contribution is -2.40. The first-order valence-electron chi connectivity index (χ1n) is 10.2. The van der Waals surface area contributed by atoms with E-state index in [1.807, 2.05) is 6.92 Å². The van der Waals surface area contributed by atoms with Gasteiger partial charge in [-0.2, -0.15) is 10.1 Å². The minimum Gasteiger partial charge on any atom is -0.490 e. The van der Waals surface area contributed by atoms with Crippen LogP contribution >= 0.6 is 11.6 Å². The van der Waals surface area contributed by atoms with E-state index in [0.29, 0.717) is 40.5 Å². The van der Waals surface area contributed by atoms with E-state index < -0.39 is 0 Å². The van der Waals surface area contributed by atoms with E-state index >= 15 is 0 Å². The quantitative estimate of drug-likeness (QED) is 0.304. The number of carbonyl (C=O) groups excluding carboxylic acids is 2. The zero-order chi connectivity index (χ0) is 21.0. The van der Waals surface area contributed by atoms with E-state index in [1.165, 1.54) is 6.21 Å². The van der Waals surface area contributed by atoms with E-state index in [1.54, 1.807) is 12.1 Å². The second-order valence-electron chi connectivity index (χ2n) is 8.14. The number of hydrogen-bond donors (Lipinski definition) is 0. The Balaban J connectivity index is 1.40. The lowest BCUT2D eigenvalue weighted by Gasteiger charge is -2.37. The monoisotopic (exact) mass is 424 g/mol. The molecule has 6 atom stereocenters. The first kappa shape index (κ1) is 19.2. The van der Waals surface area contributed by atoms with E-state index in [-0.39, 0.29) is 42.1 Å². The molecule has 7 heteroatoms. The summed E-state index contributed by atoms with van der Waals surface area (Å²) in [6.07, 6.45) is 12.1. The molecule has 1 saturated heterocycles. The Morgan fingerprint density at radius 3 is 2.47 bits per heavy atom. The average molecular weight is 425 g/mol. The van der Waals surface area contributed by atoms with Crippen LogP contribution in [-0.2, 0) is 9.59 Å². The number of imide groups is 1. The third-order valence-corrected chi connectivity index (χ3v) is 6.87. The second kappa shape index (κ2) is 7.17. The molecule has 0 aromatic heterocycles. The van der Waals surface area contributed by atoms with E-state index in [0.717, 1.165) is 11.4 Å². The number of ether oxygens (including phenoxy) is 2. The van der Waals surface area contributed by atoms with Gasteiger partial charge in [-0.3, -0.25) is 9.59 Å². The van der Waals surface area contributed by atoms with Gasteiger partial charge in [-0.15, -0.1) is 6.42 Å². The molecule has 5 aliphatic rings. The largest absolute Gasteiger partial charge is 0.490 e. The van der Waals surface area contributed by atoms with Gasteiger partial charge in [0.2, 0.25) is 0 Å². The maximum absolute atomic E-state index is 13.0. The number of rotatable bonds is 6. The standard InChI is InChI=1S/C23H21ClN2O4/c1-3-7-30-21-17(24)8-12(9-18(21)29-4-2)11-25-26-22(27)19-13-5-6-14(16-10-15(13)16)20(19)23(26)28/h1,5-6,8-9,11,13-16,19-20H,4,7,10H2,2H3/b25-11-/t13-,14-,15-,16+,19+,20+/m0/s1. The molecule has 0 N–H and O–H groups in total. The number of hydrogen-bond acceptors (Lipinski definition) is 5. The molecule has 6 nitrogen and oxygen atoms in total. The number of amides is 2. The predicted molar refractivity (Wildman–Crippen MR) is 111 cm³/mol. The number of hydrazone groups is 1. The molecule has 0 radical (unpaired) electrons. The van der Waals surface area contributed by atoms with Gasteiger partial charge in [0.05, 0.1) is 29.7 Å². The Kier molecular flexibility index (Phi) is 4.59. The molecule has 154 valence electrons. The Morgan fingerprint density at radius 2 is 1.87 bits per heavy atom. The van der Waals surface area contributed by atoms with Crippen LogP contribution in [0.4, 0.5) is 0 Å². The van der Waals surface area contributed by atoms with Gasteiger partial charge >= 0.3 is 0 Å². The molecule has 1 aromatic carbocycles. The van der Waals surface area contributed by atoms with Crippen LogP contribution in [0.5, 0.6) is 11.5 Å². The second-order valence-corrected chi connectivity index (χ2v) is 8.55. The zero-order valence-corrected chi connectivity index (χ0v) is 17.2. The van der Waals surface area contributed by atoms with Crippen molar-refractivity contribution in [3.05, 3.63) is 34.9 Å². The third kappa shape index (κ3) is 2.84. The van der Waals surface area contributed by atoms with Gasteiger partial charge in [-0.25, -0.2) is 0 Å². The molecule has 2 bridgehead atoms. The fourth-order valence-electron chi connectivity index (χ4n) is 5.36. The Labute approximate surface area is 179 Å². The first-order valence-corrected chi connectivity index (χ1v) is 10.6. The van der Waals surface area contributed by atoms with Crippen LogP contribution in [0.15, 0.2) is 29.4 Å². The molecule has 1 aliphatic heterocycles. The van der Waals surface area contributed by atoms with Gasteiger partial charge in [0, 0.05) is 0 Å². The van der Waals surface area contributed by atoms with Crippen LogP contribution in [-0.4, -0.2) is 36.3 Å². The summed E-state index contributed by atoms with van der Waals surface area (Å²) in [7, 11) is 0. The highest BCUT2D eigenvalue weighted by molar-refractivity contribution is 6.32. The number of carbonyl (C=O) groups is 2. The number of terminal acetylenes is 1. The normalized spacial score (nSPS) is 32.9. The fraction of sp³-hybridized carbons (Fsp3) is 0.435. The molecule has 0 unspecified atom stereocenters. The van der Waals surface area contributed by atoms with Crippen molar-refractivity contribution < 1.29 is 19.1 Å². The van der Waals surface area contributed by atoms with Crippen molar-refractivity contribution >= 4 is 29.6 Å². The summed E-state index contributed by atoms with van der Waals surface area (Å²) in [6.45, 7) is 2.31. The summed E-state index contributed by atoms with van der Waals surface area (Å²) in [5.41, 5.74) is 0.593. The molecule has 6 rings (SSSR count). The Bertz CT molecular complexity index is 991. The fourth-order valence-corrected chi connectivity index (χ4v) is 5.63. The highest BCUT2D eigenvalue weighted by atomic mass is 35.5. The summed E-state index contributed by atoms with van der Waals surface area (Å²) in [4.78, 5) is 26.0. The third-order valence-electron chi connectivity index (χ3n) is 6.59. The summed E-state index contributed by atoms with van der Waals surface area (Å²) in [6, 6.07) is 3.33. The minimum atomic E-state index is -0.268. The molecule has 4 aliphatic carbocycles. The number of nitrogens with zero attached hydrogens (tertiary/aromatic N) is 2. The molecule has 30 heavy (non-hydrogen) atoms. The van der Waals surface area contributed by atoms with Crippen molar-refractivity contribution in [2.24, 2.45) is 40.6 Å². The molecule has 2 amide bonds. The van der Waals surface area contributed by atoms with Crippen molar-refractivity contribution in [1.29, 1.82) is 0 Å². The summed E-state index contributed by atoms with van der Waals surface area (Å²) in [5.74, 6) is 3.71. The van der Waals surface area contributed by atoms with Crippen LogP contribution < -0.4 is 9.47 Å². The van der Waals surface area contributed by atoms with E-state index in [9.17, 15) is 9.59 Å². The van der Waals surface area contributed by atoms with Crippen LogP contribution in [0.2, 0.25) is 5.02 Å². The topological polar surface area (TPSA) is 68.2 Å². The molecule has 1 aromatic rings. The van der Waals surface area contributed by atoms with Crippen molar-refractivity contribution in [1.82, 2.24) is 5.01 Å². The number of benzene rings is 1. The SMILES string of the molecule is C#CCOc1c(Cl)cc(/C=N\N2C(=O)[C@@H]3[C@H]4C=C[C@@H]([C@@H]5C[C@H]45)[C@H]3C2=O)cc1OCC. The van der Waals surface area contributed by atoms with Crippen LogP contribution in [0.25, 0.3) is 0 Å². The Morgan fingerprint density at radius 1 is 1.20 bits per heavy atom. The van der Waals surface area contributed by atoms with Gasteiger partial charge < -0.3 is 9.47 Å². The molecular formula is C23H21ClN2O4. The summed E-state index contributed by atoms with van der Waals surface area (Å²) >= 11 is 6.33. The maximum atomic E-state index is 13.0. The van der Waals surface area contributed by atoms with Crippen molar-refractivity contribution in [2.75, 3.05) is 13.2 Å². The maximum Gasteiger partial charge on any atom is 0.254 e. The van der Waals surface area contributed by atoms with Gasteiger partial charge in [0.1, 0.15) is 6.61 Å². The van der Waals surface area contributed by atoms with Crippen molar-refractivity contribution in [3.63, 3.8) is 0 Å². The van der Waals surface area contributed by atoms with Gasteiger partial charge in [-0.1, -0.05) is 29.7 Å². The van der Waals surface area contributed by atoms with Crippen LogP contribution in [0.1, 0.15) is 18.9 Å². The first-order chi connectivity index (χ1) is 14.5. The smallest absolute Gasteiger partial charge is 0.254 e. The summed E-state index contributed by atoms with van der Waals surface area (Å²) in [5, 5.41) is 5.60. The molecule has 1 heterocycles. The average Bonchev–Trinajstić information content (AvgIpc) is 3.51. The highest BCUT2D eigenvalue weighted by Gasteiger charge is 2.67. The number of halogens is 1. The van der Waals surface area contributed by atoms with Gasteiger partial charge in [0.15, 0.2) is 11.5 Å². The van der Waals surface area contributed by atoms with Crippen LogP contribution in [0, 0.1) is 47.9 Å². The number of allylic oxidation sites excluding steroid dienone is 2. The summed E-state index contributed by atoms with van der Waals surface area (Å²) < 4.78 is 11.1. The lowest BCUT2D eigenvalue weighted by molar-refractivity contribution is -0.140. The predicted octanol–water partition coefficient (Wildman–Crippen LogP) is 3.14. The van der Waals surface area contributed by atoms with E-state index in [4.69, 9.17) is 27.5 Å². The highest BCUT2D eigenvalue weighted by Crippen LogP contribution is 2.65. The van der Waals surface area contributed by atoms with Crippen molar-refractivity contribution in [3.8, 4) is 23.8 Å². The van der Waals surface area contributed by atoms with Crippen molar-refractivity contribution in [2.45, 2.75) is 13.3 Å². The molecule has 3 fully saturated rings. The Hall–Kier alpha value is -2.78. The molecule has 2 saturated carbocycles. The minimum absolute atomic E-state index is 0.0607. The lowest BCUT2D eigenvalue weighted by atomic mass is 9.63. The molecular weight excluding hydrogens is 404 g/mol.